The second-order valence-electron chi connectivity index (χ2n) is 7.20. The van der Waals surface area contributed by atoms with Gasteiger partial charge in [-0.1, -0.05) is 12.1 Å². The number of fused-ring (bicyclic) bond motifs is 1. The zero-order valence-electron chi connectivity index (χ0n) is 16.8. The zero-order chi connectivity index (χ0) is 20.4. The van der Waals surface area contributed by atoms with Gasteiger partial charge < -0.3 is 14.5 Å². The molecule has 3 rings (SSSR count). The summed E-state index contributed by atoms with van der Waals surface area (Å²) >= 11 is 0. The summed E-state index contributed by atoms with van der Waals surface area (Å²) in [6, 6.07) is 5.74. The highest BCUT2D eigenvalue weighted by molar-refractivity contribution is 5.95. The number of furan rings is 1. The number of amides is 1. The van der Waals surface area contributed by atoms with Gasteiger partial charge in [0.05, 0.1) is 18.9 Å². The summed E-state index contributed by atoms with van der Waals surface area (Å²) < 4.78 is 12.6. The van der Waals surface area contributed by atoms with Gasteiger partial charge in [-0.05, 0) is 45.7 Å². The van der Waals surface area contributed by atoms with Gasteiger partial charge in [0.15, 0.2) is 6.10 Å². The molecule has 0 saturated heterocycles. The Bertz CT molecular complexity index is 1020. The Hall–Kier alpha value is -3.09. The molecule has 1 aromatic carbocycles. The number of nitrogens with zero attached hydrogens (tertiary/aromatic N) is 2. The van der Waals surface area contributed by atoms with E-state index in [2.05, 4.69) is 10.4 Å². The second kappa shape index (κ2) is 7.88. The molecule has 2 heterocycles. The number of rotatable bonds is 6. The molecule has 0 unspecified atom stereocenters. The lowest BCUT2D eigenvalue weighted by Crippen LogP contribution is -2.31. The van der Waals surface area contributed by atoms with Crippen LogP contribution in [0.3, 0.4) is 0 Å². The molecule has 0 radical (unpaired) electrons. The van der Waals surface area contributed by atoms with Crippen molar-refractivity contribution < 1.29 is 18.7 Å². The summed E-state index contributed by atoms with van der Waals surface area (Å²) in [5.74, 6) is -0.324. The Morgan fingerprint density at radius 1 is 1.21 bits per heavy atom. The maximum Gasteiger partial charge on any atom is 0.311 e. The number of hydrogen-bond donors (Lipinski definition) is 1. The Kier molecular flexibility index (Phi) is 5.53. The molecule has 0 aliphatic heterocycles. The molecule has 1 amide bonds. The van der Waals surface area contributed by atoms with Crippen molar-refractivity contribution in [1.29, 1.82) is 0 Å². The summed E-state index contributed by atoms with van der Waals surface area (Å²) in [7, 11) is 0. The molecule has 28 heavy (non-hydrogen) atoms. The number of aromatic nitrogens is 2. The highest BCUT2D eigenvalue weighted by Gasteiger charge is 2.21. The van der Waals surface area contributed by atoms with Crippen LogP contribution in [0, 0.1) is 13.8 Å². The van der Waals surface area contributed by atoms with E-state index in [-0.39, 0.29) is 12.5 Å². The van der Waals surface area contributed by atoms with Crippen LogP contribution in [0.5, 0.6) is 0 Å². The van der Waals surface area contributed by atoms with E-state index in [9.17, 15) is 9.59 Å². The smallest absolute Gasteiger partial charge is 0.311 e. The van der Waals surface area contributed by atoms with Crippen molar-refractivity contribution in [1.82, 2.24) is 9.78 Å². The first-order valence-electron chi connectivity index (χ1n) is 9.28. The van der Waals surface area contributed by atoms with E-state index in [0.29, 0.717) is 5.82 Å². The Morgan fingerprint density at radius 2 is 1.96 bits per heavy atom. The minimum atomic E-state index is -0.926. The number of aryl methyl sites for hydroxylation is 2. The van der Waals surface area contributed by atoms with Crippen molar-refractivity contribution in [2.45, 2.75) is 53.2 Å². The number of hydrogen-bond acceptors (Lipinski definition) is 5. The van der Waals surface area contributed by atoms with Crippen molar-refractivity contribution in [2.24, 2.45) is 0 Å². The largest absolute Gasteiger partial charge is 0.464 e. The van der Waals surface area contributed by atoms with Crippen LogP contribution in [-0.2, 0) is 20.7 Å². The lowest BCUT2D eigenvalue weighted by Gasteiger charge is -2.15. The van der Waals surface area contributed by atoms with E-state index in [1.807, 2.05) is 39.8 Å². The van der Waals surface area contributed by atoms with Gasteiger partial charge in [-0.3, -0.25) is 9.59 Å². The van der Waals surface area contributed by atoms with Crippen molar-refractivity contribution in [2.75, 3.05) is 5.32 Å². The third-order valence-corrected chi connectivity index (χ3v) is 4.76. The average molecular weight is 383 g/mol. The molecular formula is C21H25N3O4. The zero-order valence-corrected chi connectivity index (χ0v) is 16.8. The van der Waals surface area contributed by atoms with Crippen molar-refractivity contribution in [3.05, 3.63) is 47.3 Å². The summed E-state index contributed by atoms with van der Waals surface area (Å²) in [5.41, 5.74) is 3.69. The first-order valence-corrected chi connectivity index (χ1v) is 9.28. The molecule has 1 atom stereocenters. The van der Waals surface area contributed by atoms with E-state index < -0.39 is 18.0 Å². The molecule has 0 spiro atoms. The van der Waals surface area contributed by atoms with Gasteiger partial charge in [-0.25, -0.2) is 4.68 Å². The number of benzene rings is 1. The molecule has 148 valence electrons. The number of ether oxygens (including phenoxy) is 1. The fourth-order valence-electron chi connectivity index (χ4n) is 3.03. The third kappa shape index (κ3) is 3.93. The lowest BCUT2D eigenvalue weighted by molar-refractivity contribution is -0.152. The quantitative estimate of drug-likeness (QED) is 0.652. The second-order valence-corrected chi connectivity index (χ2v) is 7.20. The molecule has 0 bridgehead atoms. The lowest BCUT2D eigenvalue weighted by atomic mass is 10.0. The molecule has 1 N–H and O–H groups in total. The standard InChI is InChI=1S/C21H25N3O4/c1-12(2)24-18(8-9-22-24)23-21(26)15(5)28-19(25)10-16-11-27-20-14(4)13(3)6-7-17(16)20/h6-9,11-12,15H,10H2,1-5H3,(H,23,26)/t15-/m0/s1. The number of carbonyl (C=O) groups is 2. The van der Waals surface area contributed by atoms with E-state index >= 15 is 0 Å². The number of nitrogens with one attached hydrogen (secondary N) is 1. The minimum Gasteiger partial charge on any atom is -0.464 e. The molecule has 0 fully saturated rings. The summed E-state index contributed by atoms with van der Waals surface area (Å²) in [4.78, 5) is 24.7. The van der Waals surface area contributed by atoms with Crippen LogP contribution in [0.1, 0.15) is 43.5 Å². The van der Waals surface area contributed by atoms with Crippen molar-refractivity contribution >= 4 is 28.7 Å². The summed E-state index contributed by atoms with van der Waals surface area (Å²) in [5, 5.41) is 7.80. The fraction of sp³-hybridized carbons (Fsp3) is 0.381. The predicted octanol–water partition coefficient (Wildman–Crippen LogP) is 3.94. The van der Waals surface area contributed by atoms with Crippen LogP contribution >= 0.6 is 0 Å². The van der Waals surface area contributed by atoms with Gasteiger partial charge in [0.1, 0.15) is 11.4 Å². The summed E-state index contributed by atoms with van der Waals surface area (Å²) in [6.07, 6.45) is 2.30. The van der Waals surface area contributed by atoms with Crippen LogP contribution in [0.15, 0.2) is 35.1 Å². The van der Waals surface area contributed by atoms with Gasteiger partial charge in [-0.15, -0.1) is 0 Å². The van der Waals surface area contributed by atoms with E-state index in [4.69, 9.17) is 9.15 Å². The topological polar surface area (TPSA) is 86.4 Å². The Morgan fingerprint density at radius 3 is 2.68 bits per heavy atom. The van der Waals surface area contributed by atoms with Crippen molar-refractivity contribution in [3.63, 3.8) is 0 Å². The molecule has 0 saturated carbocycles. The van der Waals surface area contributed by atoms with Gasteiger partial charge in [0.2, 0.25) is 0 Å². The van der Waals surface area contributed by atoms with Crippen LogP contribution in [0.25, 0.3) is 11.0 Å². The first kappa shape index (κ1) is 19.7. The first-order chi connectivity index (χ1) is 13.3. The fourth-order valence-corrected chi connectivity index (χ4v) is 3.03. The average Bonchev–Trinajstić information content (AvgIpc) is 3.25. The SMILES string of the molecule is Cc1ccc2c(CC(=O)O[C@@H](C)C(=O)Nc3ccnn3C(C)C)coc2c1C. The number of carbonyl (C=O) groups excluding carboxylic acids is 2. The normalized spacial score (nSPS) is 12.4. The molecule has 7 nitrogen and oxygen atoms in total. The maximum atomic E-state index is 12.4. The Balaban J connectivity index is 1.64. The molecule has 2 aromatic heterocycles. The minimum absolute atomic E-state index is 0.0387. The van der Waals surface area contributed by atoms with Crippen LogP contribution in [0.2, 0.25) is 0 Å². The molecule has 0 aliphatic carbocycles. The molecule has 7 heteroatoms. The monoisotopic (exact) mass is 383 g/mol. The van der Waals surface area contributed by atoms with E-state index in [1.54, 1.807) is 30.1 Å². The molecular weight excluding hydrogens is 358 g/mol. The van der Waals surface area contributed by atoms with Crippen molar-refractivity contribution in [3.8, 4) is 0 Å². The summed E-state index contributed by atoms with van der Waals surface area (Å²) in [6.45, 7) is 9.47. The maximum absolute atomic E-state index is 12.4. The molecule has 3 aromatic rings. The Labute approximate surface area is 163 Å². The van der Waals surface area contributed by atoms with Crippen LogP contribution < -0.4 is 5.32 Å². The molecule has 0 aliphatic rings. The highest BCUT2D eigenvalue weighted by Crippen LogP contribution is 2.27. The van der Waals surface area contributed by atoms with Gasteiger partial charge in [0, 0.05) is 23.1 Å². The number of esters is 1. The third-order valence-electron chi connectivity index (χ3n) is 4.76. The van der Waals surface area contributed by atoms with E-state index in [1.165, 1.54) is 0 Å². The van der Waals surface area contributed by atoms with Crippen LogP contribution in [-0.4, -0.2) is 27.8 Å². The van der Waals surface area contributed by atoms with Gasteiger partial charge in [0.25, 0.3) is 5.91 Å². The van der Waals surface area contributed by atoms with Gasteiger partial charge in [-0.2, -0.15) is 5.10 Å². The van der Waals surface area contributed by atoms with E-state index in [0.717, 1.165) is 27.7 Å². The van der Waals surface area contributed by atoms with Gasteiger partial charge >= 0.3 is 5.97 Å². The highest BCUT2D eigenvalue weighted by atomic mass is 16.5. The number of anilines is 1. The van der Waals surface area contributed by atoms with Crippen LogP contribution in [0.4, 0.5) is 5.82 Å². The predicted molar refractivity (Wildman–Crippen MR) is 106 cm³/mol.